The zero-order valence-corrected chi connectivity index (χ0v) is 7.78. The summed E-state index contributed by atoms with van der Waals surface area (Å²) in [6.07, 6.45) is 1.17. The molecule has 1 saturated carbocycles. The van der Waals surface area contributed by atoms with E-state index >= 15 is 0 Å². The van der Waals surface area contributed by atoms with Crippen LogP contribution in [-0.2, 0) is 0 Å². The quantitative estimate of drug-likeness (QED) is 0.769. The average molecular weight is 218 g/mol. The van der Waals surface area contributed by atoms with Crippen molar-refractivity contribution in [1.29, 1.82) is 0 Å². The lowest BCUT2D eigenvalue weighted by Crippen LogP contribution is -1.99. The molecule has 1 aliphatic carbocycles. The Kier molecular flexibility index (Phi) is 1.59. The van der Waals surface area contributed by atoms with E-state index in [9.17, 15) is 0 Å². The van der Waals surface area contributed by atoms with Crippen LogP contribution >= 0.6 is 27.3 Å². The molecule has 1 fully saturated rings. The predicted molar refractivity (Wildman–Crippen MR) is 47.4 cm³/mol. The minimum Gasteiger partial charge on any atom is -0.327 e. The molecule has 0 radical (unpaired) electrons. The minimum atomic E-state index is 0.436. The molecule has 2 rings (SSSR count). The van der Waals surface area contributed by atoms with Gasteiger partial charge in [-0.25, -0.2) is 0 Å². The lowest BCUT2D eigenvalue weighted by Gasteiger charge is -1.86. The van der Waals surface area contributed by atoms with Crippen LogP contribution < -0.4 is 5.73 Å². The van der Waals surface area contributed by atoms with Crippen molar-refractivity contribution in [2.24, 2.45) is 5.73 Å². The van der Waals surface area contributed by atoms with Crippen molar-refractivity contribution < 1.29 is 0 Å². The van der Waals surface area contributed by atoms with Crippen LogP contribution in [0.3, 0.4) is 0 Å². The molecule has 1 heterocycles. The predicted octanol–water partition coefficient (Wildman–Crippen LogP) is 2.33. The average Bonchev–Trinajstić information content (AvgIpc) is 2.42. The fourth-order valence-corrected chi connectivity index (χ4v) is 2.68. The molecular weight excluding hydrogens is 210 g/mol. The molecule has 0 saturated heterocycles. The normalized spacial score (nSPS) is 30.6. The first kappa shape index (κ1) is 6.83. The van der Waals surface area contributed by atoms with E-state index in [0.717, 1.165) is 0 Å². The number of rotatable bonds is 1. The molecule has 1 nitrogen and oxygen atoms in total. The molecule has 1 aromatic rings. The summed E-state index contributed by atoms with van der Waals surface area (Å²) in [5.41, 5.74) is 5.70. The van der Waals surface area contributed by atoms with Crippen molar-refractivity contribution >= 4 is 27.3 Å². The topological polar surface area (TPSA) is 26.0 Å². The molecule has 54 valence electrons. The second-order valence-corrected chi connectivity index (χ2v) is 5.14. The summed E-state index contributed by atoms with van der Waals surface area (Å²) in [6, 6.07) is 4.68. The van der Waals surface area contributed by atoms with Crippen LogP contribution in [0.25, 0.3) is 0 Å². The summed E-state index contributed by atoms with van der Waals surface area (Å²) in [7, 11) is 0. The van der Waals surface area contributed by atoms with Crippen LogP contribution in [-0.4, -0.2) is 6.04 Å². The van der Waals surface area contributed by atoms with Gasteiger partial charge in [0.2, 0.25) is 0 Å². The Balaban J connectivity index is 2.20. The van der Waals surface area contributed by atoms with Crippen LogP contribution in [0.15, 0.2) is 15.9 Å². The Labute approximate surface area is 72.4 Å². The summed E-state index contributed by atoms with van der Waals surface area (Å²) in [5, 5.41) is 0. The van der Waals surface area contributed by atoms with Gasteiger partial charge in [0.1, 0.15) is 0 Å². The summed E-state index contributed by atoms with van der Waals surface area (Å²) >= 11 is 5.22. The van der Waals surface area contributed by atoms with Crippen molar-refractivity contribution in [3.8, 4) is 0 Å². The zero-order chi connectivity index (χ0) is 7.14. The number of hydrogen-bond acceptors (Lipinski definition) is 2. The fraction of sp³-hybridized carbons (Fsp3) is 0.429. The summed E-state index contributed by atoms with van der Waals surface area (Å²) in [5.74, 6) is 0.663. The number of halogens is 1. The Morgan fingerprint density at radius 2 is 2.30 bits per heavy atom. The van der Waals surface area contributed by atoms with Crippen molar-refractivity contribution in [2.75, 3.05) is 0 Å². The van der Waals surface area contributed by atoms with Gasteiger partial charge in [-0.05, 0) is 34.5 Å². The SMILES string of the molecule is N[C@H]1C[C@@H]1c1ccc(Br)s1. The van der Waals surface area contributed by atoms with Gasteiger partial charge in [0.15, 0.2) is 0 Å². The van der Waals surface area contributed by atoms with Gasteiger partial charge >= 0.3 is 0 Å². The molecule has 0 spiro atoms. The Hall–Kier alpha value is 0.140. The third-order valence-corrected chi connectivity index (χ3v) is 3.55. The highest BCUT2D eigenvalue weighted by Crippen LogP contribution is 2.43. The molecule has 0 aliphatic heterocycles. The third kappa shape index (κ3) is 1.13. The third-order valence-electron chi connectivity index (χ3n) is 1.80. The first-order chi connectivity index (χ1) is 4.77. The maximum atomic E-state index is 5.70. The second kappa shape index (κ2) is 2.32. The van der Waals surface area contributed by atoms with Crippen molar-refractivity contribution in [1.82, 2.24) is 0 Å². The highest BCUT2D eigenvalue weighted by Gasteiger charge is 2.35. The molecule has 3 heteroatoms. The largest absolute Gasteiger partial charge is 0.327 e. The lowest BCUT2D eigenvalue weighted by atomic mass is 10.3. The van der Waals surface area contributed by atoms with E-state index in [4.69, 9.17) is 5.73 Å². The van der Waals surface area contributed by atoms with Crippen LogP contribution in [0.5, 0.6) is 0 Å². The first-order valence-electron chi connectivity index (χ1n) is 3.28. The van der Waals surface area contributed by atoms with Crippen LogP contribution in [0.1, 0.15) is 17.2 Å². The van der Waals surface area contributed by atoms with E-state index in [0.29, 0.717) is 12.0 Å². The van der Waals surface area contributed by atoms with Gasteiger partial charge in [-0.2, -0.15) is 0 Å². The zero-order valence-electron chi connectivity index (χ0n) is 5.38. The monoisotopic (exact) mass is 217 g/mol. The van der Waals surface area contributed by atoms with E-state index in [2.05, 4.69) is 28.1 Å². The lowest BCUT2D eigenvalue weighted by molar-refractivity contribution is 1.01. The number of hydrogen-bond donors (Lipinski definition) is 1. The van der Waals surface area contributed by atoms with Crippen LogP contribution in [0, 0.1) is 0 Å². The Morgan fingerprint density at radius 1 is 1.60 bits per heavy atom. The van der Waals surface area contributed by atoms with Gasteiger partial charge in [-0.1, -0.05) is 0 Å². The van der Waals surface area contributed by atoms with Crippen molar-refractivity contribution in [3.05, 3.63) is 20.8 Å². The van der Waals surface area contributed by atoms with E-state index < -0.39 is 0 Å². The Bertz CT molecular complexity index is 246. The van der Waals surface area contributed by atoms with Crippen LogP contribution in [0.2, 0.25) is 0 Å². The van der Waals surface area contributed by atoms with Gasteiger partial charge in [-0.15, -0.1) is 11.3 Å². The van der Waals surface area contributed by atoms with Gasteiger partial charge < -0.3 is 5.73 Å². The molecule has 0 amide bonds. The fourth-order valence-electron chi connectivity index (χ4n) is 1.07. The van der Waals surface area contributed by atoms with Gasteiger partial charge in [0.25, 0.3) is 0 Å². The van der Waals surface area contributed by atoms with Gasteiger partial charge in [-0.3, -0.25) is 0 Å². The smallest absolute Gasteiger partial charge is 0.0701 e. The molecule has 0 aromatic carbocycles. The molecular formula is C7H8BrNS. The summed E-state index contributed by atoms with van der Waals surface area (Å²) in [6.45, 7) is 0. The standard InChI is InChI=1S/C7H8BrNS/c8-7-2-1-6(10-7)4-3-5(4)9/h1-2,4-5H,3,9H2/t4-,5-/m0/s1. The maximum absolute atomic E-state index is 5.70. The Morgan fingerprint density at radius 3 is 2.70 bits per heavy atom. The van der Waals surface area contributed by atoms with E-state index in [-0.39, 0.29) is 0 Å². The highest BCUT2D eigenvalue weighted by atomic mass is 79.9. The van der Waals surface area contributed by atoms with Crippen molar-refractivity contribution in [3.63, 3.8) is 0 Å². The number of thiophene rings is 1. The van der Waals surface area contributed by atoms with E-state index in [1.165, 1.54) is 15.1 Å². The first-order valence-corrected chi connectivity index (χ1v) is 4.89. The molecule has 2 N–H and O–H groups in total. The minimum absolute atomic E-state index is 0.436. The van der Waals surface area contributed by atoms with Crippen molar-refractivity contribution in [2.45, 2.75) is 18.4 Å². The molecule has 0 bridgehead atoms. The van der Waals surface area contributed by atoms with Gasteiger partial charge in [0, 0.05) is 16.8 Å². The molecule has 1 aliphatic rings. The van der Waals surface area contributed by atoms with E-state index in [1.54, 1.807) is 11.3 Å². The van der Waals surface area contributed by atoms with E-state index in [1.807, 2.05) is 0 Å². The second-order valence-electron chi connectivity index (χ2n) is 2.65. The van der Waals surface area contributed by atoms with Gasteiger partial charge in [0.05, 0.1) is 3.79 Å². The molecule has 0 unspecified atom stereocenters. The number of nitrogens with two attached hydrogens (primary N) is 1. The molecule has 1 aromatic heterocycles. The molecule has 2 atom stereocenters. The summed E-state index contributed by atoms with van der Waals surface area (Å²) in [4.78, 5) is 1.43. The molecule has 10 heavy (non-hydrogen) atoms. The highest BCUT2D eigenvalue weighted by molar-refractivity contribution is 9.11. The maximum Gasteiger partial charge on any atom is 0.0701 e. The summed E-state index contributed by atoms with van der Waals surface area (Å²) < 4.78 is 1.21. The van der Waals surface area contributed by atoms with Crippen LogP contribution in [0.4, 0.5) is 0 Å².